The minimum Gasteiger partial charge on any atom is -0.457 e. The smallest absolute Gasteiger partial charge is 0.426 e. The highest BCUT2D eigenvalue weighted by atomic mass is 35.5. The lowest BCUT2D eigenvalue weighted by Crippen LogP contribution is -2.14. The molecule has 1 saturated carbocycles. The number of nitriles is 1. The average molecular weight is 452 g/mol. The number of esters is 1. The first-order chi connectivity index (χ1) is 14.5. The molecule has 0 N–H and O–H groups in total. The van der Waals surface area contributed by atoms with Crippen molar-refractivity contribution in [3.05, 3.63) is 71.3 Å². The van der Waals surface area contributed by atoms with E-state index in [1.807, 2.05) is 24.3 Å². The lowest BCUT2D eigenvalue weighted by Gasteiger charge is -2.13. The van der Waals surface area contributed by atoms with Gasteiger partial charge in [0.2, 0.25) is 6.10 Å². The number of para-hydroxylation sites is 1. The minimum atomic E-state index is -4.68. The second kappa shape index (κ2) is 8.64. The fraction of sp³-hybridized carbons (Fsp3) is 0.304. The lowest BCUT2D eigenvalue weighted by atomic mass is 10.1. The SMILES string of the molecule is CC1(C)[C@H](/C=C(\Cl)C(F)(F)F)[14C@@H]1C(=O)O[C@H](C#N)c1cccc(Oc2ccccc2)c1. The van der Waals surface area contributed by atoms with Crippen molar-refractivity contribution in [3.8, 4) is 17.6 Å². The van der Waals surface area contributed by atoms with Gasteiger partial charge in [-0.15, -0.1) is 0 Å². The summed E-state index contributed by atoms with van der Waals surface area (Å²) in [7, 11) is 0. The monoisotopic (exact) mass is 451 g/mol. The van der Waals surface area contributed by atoms with E-state index in [2.05, 4.69) is 0 Å². The summed E-state index contributed by atoms with van der Waals surface area (Å²) in [6.45, 7) is 3.30. The van der Waals surface area contributed by atoms with Gasteiger partial charge in [0, 0.05) is 5.56 Å². The molecule has 1 aliphatic rings. The maximum absolute atomic E-state index is 12.7. The van der Waals surface area contributed by atoms with E-state index in [9.17, 15) is 23.2 Å². The van der Waals surface area contributed by atoms with Crippen LogP contribution in [0.15, 0.2) is 65.7 Å². The molecule has 8 heteroatoms. The van der Waals surface area contributed by atoms with Gasteiger partial charge in [-0.2, -0.15) is 18.4 Å². The fourth-order valence-corrected chi connectivity index (χ4v) is 3.55. The summed E-state index contributed by atoms with van der Waals surface area (Å²) in [5.41, 5.74) is -0.371. The number of nitrogens with zero attached hydrogens (tertiary/aromatic N) is 1. The lowest BCUT2D eigenvalue weighted by molar-refractivity contribution is -0.149. The molecule has 0 radical (unpaired) electrons. The molecule has 0 aromatic heterocycles. The maximum Gasteiger partial charge on any atom is 0.426 e. The summed E-state index contributed by atoms with van der Waals surface area (Å²) >= 11 is 5.32. The van der Waals surface area contributed by atoms with E-state index in [-0.39, 0.29) is 0 Å². The number of hydrogen-bond acceptors (Lipinski definition) is 4. The van der Waals surface area contributed by atoms with Gasteiger partial charge in [0.15, 0.2) is 0 Å². The first-order valence-electron chi connectivity index (χ1n) is 9.41. The molecule has 162 valence electrons. The minimum absolute atomic E-state index is 0.392. The molecule has 0 spiro atoms. The topological polar surface area (TPSA) is 59.3 Å². The number of halogens is 4. The molecule has 0 unspecified atom stereocenters. The van der Waals surface area contributed by atoms with Crippen LogP contribution >= 0.6 is 11.6 Å². The highest BCUT2D eigenvalue weighted by Gasteiger charge is 2.62. The quantitative estimate of drug-likeness (QED) is 0.467. The van der Waals surface area contributed by atoms with Gasteiger partial charge in [0.05, 0.1) is 5.92 Å². The van der Waals surface area contributed by atoms with Crippen LogP contribution in [0.5, 0.6) is 11.5 Å². The van der Waals surface area contributed by atoms with Crippen molar-refractivity contribution in [2.75, 3.05) is 0 Å². The Morgan fingerprint density at radius 3 is 2.45 bits per heavy atom. The number of ether oxygens (including phenoxy) is 2. The predicted molar refractivity (Wildman–Crippen MR) is 108 cm³/mol. The van der Waals surface area contributed by atoms with Crippen LogP contribution in [0.25, 0.3) is 0 Å². The Bertz CT molecular complexity index is 1030. The van der Waals surface area contributed by atoms with Gasteiger partial charge in [-0.25, -0.2) is 0 Å². The molecular weight excluding hydrogens is 433 g/mol. The van der Waals surface area contributed by atoms with E-state index in [0.29, 0.717) is 17.1 Å². The average Bonchev–Trinajstić information content (AvgIpc) is 3.26. The van der Waals surface area contributed by atoms with Crippen LogP contribution in [0.2, 0.25) is 0 Å². The molecule has 0 bridgehead atoms. The Labute approximate surface area is 182 Å². The number of alkyl halides is 3. The summed E-state index contributed by atoms with van der Waals surface area (Å²) in [6.07, 6.45) is -5.07. The van der Waals surface area contributed by atoms with Gasteiger partial charge in [0.1, 0.15) is 22.6 Å². The van der Waals surface area contributed by atoms with Gasteiger partial charge >= 0.3 is 12.1 Å². The van der Waals surface area contributed by atoms with Crippen LogP contribution in [0.3, 0.4) is 0 Å². The normalized spacial score (nSPS) is 21.0. The molecule has 31 heavy (non-hydrogen) atoms. The molecule has 4 nitrogen and oxygen atoms in total. The van der Waals surface area contributed by atoms with E-state index in [1.165, 1.54) is 0 Å². The van der Waals surface area contributed by atoms with Gasteiger partial charge in [-0.3, -0.25) is 4.79 Å². The molecule has 0 heterocycles. The van der Waals surface area contributed by atoms with Crippen molar-refractivity contribution < 1.29 is 27.4 Å². The highest BCUT2D eigenvalue weighted by Crippen LogP contribution is 2.60. The summed E-state index contributed by atoms with van der Waals surface area (Å²) in [5.74, 6) is -1.27. The molecule has 0 aliphatic heterocycles. The summed E-state index contributed by atoms with van der Waals surface area (Å²) < 4.78 is 49.2. The molecule has 0 saturated heterocycles. The third-order valence-electron chi connectivity index (χ3n) is 5.25. The van der Waals surface area contributed by atoms with E-state index in [1.54, 1.807) is 50.2 Å². The molecule has 1 fully saturated rings. The number of carbonyl (C=O) groups is 1. The second-order valence-electron chi connectivity index (χ2n) is 7.77. The number of allylic oxidation sites excluding steroid dienone is 2. The second-order valence-corrected chi connectivity index (χ2v) is 8.18. The van der Waals surface area contributed by atoms with Crippen molar-refractivity contribution in [2.45, 2.75) is 26.1 Å². The van der Waals surface area contributed by atoms with Gasteiger partial charge in [-0.1, -0.05) is 61.9 Å². The number of benzene rings is 2. The molecule has 1 aliphatic carbocycles. The Morgan fingerprint density at radius 2 is 1.84 bits per heavy atom. The van der Waals surface area contributed by atoms with Crippen molar-refractivity contribution in [1.82, 2.24) is 0 Å². The Kier molecular flexibility index (Phi) is 6.33. The third-order valence-corrected chi connectivity index (χ3v) is 5.59. The standard InChI is InChI=1S/C23H19ClF3NO3/c1-22(2)17(12-19(24)23(25,26)27)20(22)21(29)31-18(13-28)14-7-6-10-16(11-14)30-15-8-4-3-5-9-15/h3-12,17-18,20H,1-2H3/b19-12-/t17-,18-,20-/m1/s1/i20+2. The van der Waals surface area contributed by atoms with Gasteiger partial charge < -0.3 is 9.47 Å². The molecular formula is C23H19ClF3NO3. The largest absolute Gasteiger partial charge is 0.457 e. The fourth-order valence-electron chi connectivity index (χ4n) is 3.42. The number of carbonyl (C=O) groups excluding carboxylic acids is 1. The maximum atomic E-state index is 12.7. The highest BCUT2D eigenvalue weighted by molar-refractivity contribution is 6.30. The zero-order valence-electron chi connectivity index (χ0n) is 16.7. The first kappa shape index (κ1) is 22.7. The molecule has 2 aromatic rings. The van der Waals surface area contributed by atoms with Crippen LogP contribution in [0, 0.1) is 28.6 Å². The van der Waals surface area contributed by atoms with Crippen LogP contribution in [-0.2, 0) is 9.53 Å². The molecule has 3 rings (SSSR count). The van der Waals surface area contributed by atoms with Crippen LogP contribution < -0.4 is 4.74 Å². The van der Waals surface area contributed by atoms with E-state index < -0.39 is 40.5 Å². The summed E-state index contributed by atoms with van der Waals surface area (Å²) in [4.78, 5) is 12.6. The predicted octanol–water partition coefficient (Wildman–Crippen LogP) is 6.54. The van der Waals surface area contributed by atoms with Crippen molar-refractivity contribution >= 4 is 17.6 Å². The van der Waals surface area contributed by atoms with E-state index in [4.69, 9.17) is 21.1 Å². The van der Waals surface area contributed by atoms with Gasteiger partial charge in [0.25, 0.3) is 0 Å². The van der Waals surface area contributed by atoms with E-state index in [0.717, 1.165) is 6.08 Å². The van der Waals surface area contributed by atoms with Crippen molar-refractivity contribution in [3.63, 3.8) is 0 Å². The Morgan fingerprint density at radius 1 is 1.19 bits per heavy atom. The Hall–Kier alpha value is -2.98. The first-order valence-corrected chi connectivity index (χ1v) is 9.79. The third kappa shape index (κ3) is 5.20. The van der Waals surface area contributed by atoms with E-state index >= 15 is 0 Å². The summed E-state index contributed by atoms with van der Waals surface area (Å²) in [6, 6.07) is 17.4. The zero-order valence-corrected chi connectivity index (χ0v) is 17.4. The Balaban J connectivity index is 1.72. The summed E-state index contributed by atoms with van der Waals surface area (Å²) in [5, 5.41) is 8.23. The van der Waals surface area contributed by atoms with Crippen LogP contribution in [0.4, 0.5) is 13.2 Å². The van der Waals surface area contributed by atoms with Crippen LogP contribution in [0.1, 0.15) is 25.5 Å². The van der Waals surface area contributed by atoms with Crippen molar-refractivity contribution in [2.24, 2.45) is 17.3 Å². The number of hydrogen-bond donors (Lipinski definition) is 0. The molecule has 2 aromatic carbocycles. The zero-order chi connectivity index (χ0) is 22.8. The number of rotatable bonds is 6. The van der Waals surface area contributed by atoms with Gasteiger partial charge in [-0.05, 0) is 35.6 Å². The van der Waals surface area contributed by atoms with Crippen LogP contribution in [-0.4, -0.2) is 12.1 Å². The van der Waals surface area contributed by atoms with Crippen molar-refractivity contribution in [1.29, 1.82) is 5.26 Å². The molecule has 3 atom stereocenters. The molecule has 0 amide bonds.